The van der Waals surface area contributed by atoms with Crippen molar-refractivity contribution < 1.29 is 14.7 Å². The Kier molecular flexibility index (Phi) is 5.21. The van der Waals surface area contributed by atoms with Gasteiger partial charge in [-0.05, 0) is 18.6 Å². The standard InChI is InChI=1S/C12H12N2O3S/c1-8-3-2-4-10(9(8)5-13)14-11(15)6-18-7-12(16)17/h2-4H,6-7H2,1H3,(H,14,15)(H,16,17). The highest BCUT2D eigenvalue weighted by Gasteiger charge is 2.09. The minimum atomic E-state index is -0.957. The molecule has 0 radical (unpaired) electrons. The second kappa shape index (κ2) is 6.67. The van der Waals surface area contributed by atoms with Gasteiger partial charge in [0.1, 0.15) is 6.07 Å². The summed E-state index contributed by atoms with van der Waals surface area (Å²) < 4.78 is 0. The molecule has 0 aromatic heterocycles. The fourth-order valence-electron chi connectivity index (χ4n) is 1.34. The minimum Gasteiger partial charge on any atom is -0.481 e. The van der Waals surface area contributed by atoms with E-state index in [-0.39, 0.29) is 17.4 Å². The number of thioether (sulfide) groups is 1. The lowest BCUT2D eigenvalue weighted by atomic mass is 10.1. The monoisotopic (exact) mass is 264 g/mol. The van der Waals surface area contributed by atoms with Crippen LogP contribution in [0.1, 0.15) is 11.1 Å². The molecule has 0 fully saturated rings. The molecule has 1 rings (SSSR count). The van der Waals surface area contributed by atoms with Gasteiger partial charge in [-0.15, -0.1) is 11.8 Å². The zero-order chi connectivity index (χ0) is 13.5. The predicted octanol–water partition coefficient (Wildman–Crippen LogP) is 1.62. The van der Waals surface area contributed by atoms with Gasteiger partial charge in [-0.2, -0.15) is 5.26 Å². The fraction of sp³-hybridized carbons (Fsp3) is 0.250. The molecule has 0 bridgehead atoms. The van der Waals surface area contributed by atoms with Gasteiger partial charge in [-0.1, -0.05) is 12.1 Å². The lowest BCUT2D eigenvalue weighted by molar-refractivity contribution is -0.133. The van der Waals surface area contributed by atoms with Crippen molar-refractivity contribution in [1.82, 2.24) is 0 Å². The number of amides is 1. The van der Waals surface area contributed by atoms with E-state index in [0.29, 0.717) is 11.3 Å². The van der Waals surface area contributed by atoms with Gasteiger partial charge >= 0.3 is 5.97 Å². The van der Waals surface area contributed by atoms with Crippen molar-refractivity contribution in [1.29, 1.82) is 5.26 Å². The number of carbonyl (C=O) groups excluding carboxylic acids is 1. The zero-order valence-electron chi connectivity index (χ0n) is 9.77. The predicted molar refractivity (Wildman–Crippen MR) is 69.5 cm³/mol. The number of aryl methyl sites for hydroxylation is 1. The summed E-state index contributed by atoms with van der Waals surface area (Å²) in [6, 6.07) is 7.20. The third kappa shape index (κ3) is 4.11. The summed E-state index contributed by atoms with van der Waals surface area (Å²) in [4.78, 5) is 21.8. The summed E-state index contributed by atoms with van der Waals surface area (Å²) in [5.74, 6) is -1.35. The first-order valence-electron chi connectivity index (χ1n) is 5.13. The van der Waals surface area contributed by atoms with E-state index in [4.69, 9.17) is 10.4 Å². The zero-order valence-corrected chi connectivity index (χ0v) is 10.6. The van der Waals surface area contributed by atoms with E-state index in [1.54, 1.807) is 25.1 Å². The smallest absolute Gasteiger partial charge is 0.313 e. The van der Waals surface area contributed by atoms with Crippen LogP contribution in [-0.4, -0.2) is 28.5 Å². The largest absolute Gasteiger partial charge is 0.481 e. The third-order valence-corrected chi connectivity index (χ3v) is 3.03. The first-order chi connectivity index (χ1) is 8.54. The maximum absolute atomic E-state index is 11.5. The summed E-state index contributed by atoms with van der Waals surface area (Å²) in [6.07, 6.45) is 0. The molecule has 0 aliphatic rings. The first kappa shape index (κ1) is 14.1. The van der Waals surface area contributed by atoms with E-state index in [0.717, 1.165) is 17.3 Å². The van der Waals surface area contributed by atoms with Crippen LogP contribution in [-0.2, 0) is 9.59 Å². The van der Waals surface area contributed by atoms with Crippen molar-refractivity contribution in [2.24, 2.45) is 0 Å². The summed E-state index contributed by atoms with van der Waals surface area (Å²) in [5, 5.41) is 20.0. The van der Waals surface area contributed by atoms with E-state index in [2.05, 4.69) is 5.32 Å². The van der Waals surface area contributed by atoms with Crippen LogP contribution in [0.15, 0.2) is 18.2 Å². The number of hydrogen-bond donors (Lipinski definition) is 2. The second-order valence-corrected chi connectivity index (χ2v) is 4.53. The highest BCUT2D eigenvalue weighted by atomic mass is 32.2. The molecule has 0 atom stereocenters. The Morgan fingerprint density at radius 3 is 2.78 bits per heavy atom. The average Bonchev–Trinajstić information content (AvgIpc) is 2.28. The molecule has 1 aromatic rings. The lowest BCUT2D eigenvalue weighted by Crippen LogP contribution is -2.16. The van der Waals surface area contributed by atoms with Crippen LogP contribution in [0.3, 0.4) is 0 Å². The quantitative estimate of drug-likeness (QED) is 0.843. The summed E-state index contributed by atoms with van der Waals surface area (Å²) in [5.41, 5.74) is 1.67. The molecule has 1 amide bonds. The van der Waals surface area contributed by atoms with E-state index < -0.39 is 5.97 Å². The Bertz CT molecular complexity index is 509. The van der Waals surface area contributed by atoms with E-state index in [1.807, 2.05) is 6.07 Å². The Labute approximate surface area is 109 Å². The van der Waals surface area contributed by atoms with Crippen LogP contribution in [0.5, 0.6) is 0 Å². The van der Waals surface area contributed by atoms with Crippen LogP contribution in [0.2, 0.25) is 0 Å². The number of rotatable bonds is 5. The highest BCUT2D eigenvalue weighted by molar-refractivity contribution is 8.00. The van der Waals surface area contributed by atoms with Gasteiger partial charge in [-0.3, -0.25) is 9.59 Å². The number of nitriles is 1. The Morgan fingerprint density at radius 2 is 2.17 bits per heavy atom. The first-order valence-corrected chi connectivity index (χ1v) is 6.29. The van der Waals surface area contributed by atoms with E-state index >= 15 is 0 Å². The number of carbonyl (C=O) groups is 2. The number of nitrogens with zero attached hydrogens (tertiary/aromatic N) is 1. The van der Waals surface area contributed by atoms with Crippen molar-refractivity contribution in [3.8, 4) is 6.07 Å². The van der Waals surface area contributed by atoms with Crippen LogP contribution in [0.4, 0.5) is 5.69 Å². The third-order valence-electron chi connectivity index (χ3n) is 2.12. The number of carboxylic acid groups (broad SMARTS) is 1. The molecular formula is C12H12N2O3S. The maximum Gasteiger partial charge on any atom is 0.313 e. The normalized spacial score (nSPS) is 9.56. The molecule has 94 valence electrons. The van der Waals surface area contributed by atoms with Gasteiger partial charge in [0, 0.05) is 0 Å². The Hall–Kier alpha value is -2.00. The van der Waals surface area contributed by atoms with Crippen LogP contribution < -0.4 is 5.32 Å². The number of aliphatic carboxylic acids is 1. The molecule has 18 heavy (non-hydrogen) atoms. The van der Waals surface area contributed by atoms with Crippen LogP contribution in [0, 0.1) is 18.3 Å². The van der Waals surface area contributed by atoms with Gasteiger partial charge in [-0.25, -0.2) is 0 Å². The van der Waals surface area contributed by atoms with Gasteiger partial charge < -0.3 is 10.4 Å². The second-order valence-electron chi connectivity index (χ2n) is 3.54. The lowest BCUT2D eigenvalue weighted by Gasteiger charge is -2.08. The van der Waals surface area contributed by atoms with Gasteiger partial charge in [0.15, 0.2) is 0 Å². The number of hydrogen-bond acceptors (Lipinski definition) is 4. The summed E-state index contributed by atoms with van der Waals surface area (Å²) in [6.45, 7) is 1.79. The summed E-state index contributed by atoms with van der Waals surface area (Å²) >= 11 is 1.01. The SMILES string of the molecule is Cc1cccc(NC(=O)CSCC(=O)O)c1C#N. The molecule has 0 unspecified atom stereocenters. The molecule has 6 heteroatoms. The summed E-state index contributed by atoms with van der Waals surface area (Å²) in [7, 11) is 0. The molecule has 0 aliphatic carbocycles. The number of benzene rings is 1. The Balaban J connectivity index is 2.63. The fourth-order valence-corrected chi connectivity index (χ4v) is 1.87. The minimum absolute atomic E-state index is 0.0467. The average molecular weight is 264 g/mol. The molecule has 0 saturated carbocycles. The maximum atomic E-state index is 11.5. The highest BCUT2D eigenvalue weighted by Crippen LogP contribution is 2.18. The van der Waals surface area contributed by atoms with E-state index in [9.17, 15) is 9.59 Å². The number of nitrogens with one attached hydrogen (secondary N) is 1. The molecule has 5 nitrogen and oxygen atoms in total. The van der Waals surface area contributed by atoms with Gasteiger partial charge in [0.05, 0.1) is 22.8 Å². The molecule has 1 aromatic carbocycles. The van der Waals surface area contributed by atoms with Crippen molar-refractivity contribution in [3.05, 3.63) is 29.3 Å². The Morgan fingerprint density at radius 1 is 1.44 bits per heavy atom. The van der Waals surface area contributed by atoms with Gasteiger partial charge in [0.25, 0.3) is 0 Å². The van der Waals surface area contributed by atoms with Gasteiger partial charge in [0.2, 0.25) is 5.91 Å². The molecular weight excluding hydrogens is 252 g/mol. The molecule has 0 aliphatic heterocycles. The molecule has 0 saturated heterocycles. The van der Waals surface area contributed by atoms with Crippen molar-refractivity contribution in [2.45, 2.75) is 6.92 Å². The number of anilines is 1. The van der Waals surface area contributed by atoms with Crippen LogP contribution in [0.25, 0.3) is 0 Å². The van der Waals surface area contributed by atoms with Crippen molar-refractivity contribution in [2.75, 3.05) is 16.8 Å². The molecule has 0 heterocycles. The van der Waals surface area contributed by atoms with E-state index in [1.165, 1.54) is 0 Å². The topological polar surface area (TPSA) is 90.2 Å². The van der Waals surface area contributed by atoms with Crippen molar-refractivity contribution >= 4 is 29.3 Å². The molecule has 2 N–H and O–H groups in total. The number of carboxylic acids is 1. The van der Waals surface area contributed by atoms with Crippen LogP contribution >= 0.6 is 11.8 Å². The van der Waals surface area contributed by atoms with Crippen molar-refractivity contribution in [3.63, 3.8) is 0 Å². The molecule has 0 spiro atoms.